The van der Waals surface area contributed by atoms with Crippen molar-refractivity contribution in [1.82, 2.24) is 9.88 Å². The van der Waals surface area contributed by atoms with Gasteiger partial charge in [-0.3, -0.25) is 0 Å². The number of amidine groups is 1. The molecule has 1 saturated heterocycles. The van der Waals surface area contributed by atoms with Crippen molar-refractivity contribution in [2.75, 3.05) is 31.1 Å². The van der Waals surface area contributed by atoms with Crippen LogP contribution in [0.2, 0.25) is 0 Å². The average molecular weight is 569 g/mol. The number of hydrogen-bond donors (Lipinski definition) is 2. The number of ether oxygens (including phenoxy) is 2. The van der Waals surface area contributed by atoms with Gasteiger partial charge >= 0.3 is 0 Å². The number of aromatic nitrogens is 1. The van der Waals surface area contributed by atoms with Gasteiger partial charge in [0.1, 0.15) is 11.5 Å². The fraction of sp³-hybridized carbons (Fsp3) is 0.467. The normalized spacial score (nSPS) is 15.4. The van der Waals surface area contributed by atoms with Crippen LogP contribution < -0.4 is 15.2 Å². The fourth-order valence-electron chi connectivity index (χ4n) is 4.37. The van der Waals surface area contributed by atoms with Crippen LogP contribution in [0.3, 0.4) is 0 Å². The topological polar surface area (TPSA) is 93.2 Å². The van der Waals surface area contributed by atoms with Gasteiger partial charge in [0.25, 0.3) is 0 Å². The zero-order valence-electron chi connectivity index (χ0n) is 23.1. The first-order valence-corrected chi connectivity index (χ1v) is 15.7. The summed E-state index contributed by atoms with van der Waals surface area (Å²) in [6.45, 7) is 10.0. The highest BCUT2D eigenvalue weighted by atomic mass is 32.2. The minimum Gasteiger partial charge on any atom is -0.455 e. The molecule has 0 spiro atoms. The fourth-order valence-corrected chi connectivity index (χ4v) is 6.42. The molecule has 0 bridgehead atoms. The molecule has 2 aromatic carbocycles. The summed E-state index contributed by atoms with van der Waals surface area (Å²) in [5, 5.41) is 13.1. The number of unbranched alkanes of at least 4 members (excludes halogenated alkanes) is 1. The zero-order valence-corrected chi connectivity index (χ0v) is 24.8. The molecule has 0 aliphatic carbocycles. The Hall–Kier alpha value is -2.75. The van der Waals surface area contributed by atoms with E-state index in [0.29, 0.717) is 17.2 Å². The van der Waals surface area contributed by atoms with Crippen molar-refractivity contribution in [3.8, 4) is 22.8 Å². The highest BCUT2D eigenvalue weighted by Crippen LogP contribution is 2.33. The summed E-state index contributed by atoms with van der Waals surface area (Å²) in [6.07, 6.45) is 3.41. The Kier molecular flexibility index (Phi) is 10.9. The van der Waals surface area contributed by atoms with Crippen LogP contribution in [-0.2, 0) is 6.42 Å². The summed E-state index contributed by atoms with van der Waals surface area (Å²) in [5.41, 5.74) is 8.53. The van der Waals surface area contributed by atoms with Crippen molar-refractivity contribution < 1.29 is 14.7 Å². The molecule has 2 heterocycles. The largest absolute Gasteiger partial charge is 0.455 e. The van der Waals surface area contributed by atoms with Gasteiger partial charge in [0.2, 0.25) is 6.29 Å². The standard InChI is InChI=1S/C30H40N4O3S2/c1-4-5-6-27(37-25-13-9-23(10-14-25)29(31)33-35)36-24-11-7-22(8-12-24)28-26(39-30(32-28)21(2)3)15-16-34-17-19-38-20-18-34/h7-14,21,27,35H,4-6,15-20H2,1-3H3,(H2,31,33). The number of hydrogen-bond acceptors (Lipinski definition) is 8. The molecule has 1 unspecified atom stereocenters. The highest BCUT2D eigenvalue weighted by molar-refractivity contribution is 7.99. The molecule has 1 fully saturated rings. The predicted molar refractivity (Wildman–Crippen MR) is 163 cm³/mol. The van der Waals surface area contributed by atoms with Gasteiger partial charge in [-0.1, -0.05) is 32.3 Å². The third-order valence-corrected chi connectivity index (χ3v) is 9.04. The minimum atomic E-state index is -0.421. The minimum absolute atomic E-state index is 0.0646. The average Bonchev–Trinajstić information content (AvgIpc) is 3.40. The van der Waals surface area contributed by atoms with Crippen LogP contribution >= 0.6 is 23.1 Å². The van der Waals surface area contributed by atoms with E-state index in [1.54, 1.807) is 24.3 Å². The monoisotopic (exact) mass is 568 g/mol. The molecule has 0 amide bonds. The van der Waals surface area contributed by atoms with Crippen LogP contribution in [-0.4, -0.2) is 58.4 Å². The summed E-state index contributed by atoms with van der Waals surface area (Å²) < 4.78 is 12.4. The maximum absolute atomic E-state index is 8.88. The van der Waals surface area contributed by atoms with E-state index in [1.165, 1.54) is 34.5 Å². The summed E-state index contributed by atoms with van der Waals surface area (Å²) >= 11 is 3.91. The van der Waals surface area contributed by atoms with E-state index < -0.39 is 6.29 Å². The maximum atomic E-state index is 8.88. The van der Waals surface area contributed by atoms with Crippen molar-refractivity contribution in [3.05, 3.63) is 64.0 Å². The zero-order chi connectivity index (χ0) is 27.6. The van der Waals surface area contributed by atoms with E-state index in [-0.39, 0.29) is 5.84 Å². The van der Waals surface area contributed by atoms with Crippen LogP contribution in [0.1, 0.15) is 61.4 Å². The number of benzene rings is 2. The van der Waals surface area contributed by atoms with Crippen molar-refractivity contribution in [2.45, 2.75) is 58.7 Å². The second kappa shape index (κ2) is 14.6. The van der Waals surface area contributed by atoms with Crippen molar-refractivity contribution in [2.24, 2.45) is 10.9 Å². The second-order valence-electron chi connectivity index (χ2n) is 10.0. The molecule has 0 radical (unpaired) electrons. The summed E-state index contributed by atoms with van der Waals surface area (Å²) in [7, 11) is 0. The van der Waals surface area contributed by atoms with E-state index in [2.05, 4.69) is 54.7 Å². The van der Waals surface area contributed by atoms with Crippen LogP contribution in [0.15, 0.2) is 53.7 Å². The number of oxime groups is 1. The van der Waals surface area contributed by atoms with Gasteiger partial charge in [-0.05, 0) is 61.4 Å². The predicted octanol–water partition coefficient (Wildman–Crippen LogP) is 6.59. The molecule has 9 heteroatoms. The van der Waals surface area contributed by atoms with Gasteiger partial charge in [0.15, 0.2) is 5.84 Å². The smallest absolute Gasteiger partial charge is 0.241 e. The lowest BCUT2D eigenvalue weighted by Gasteiger charge is -2.25. The Labute approximate surface area is 240 Å². The molecular formula is C30H40N4O3S2. The lowest BCUT2D eigenvalue weighted by Crippen LogP contribution is -2.34. The Bertz CT molecular complexity index is 1190. The van der Waals surface area contributed by atoms with Crippen LogP contribution in [0.5, 0.6) is 11.5 Å². The second-order valence-corrected chi connectivity index (χ2v) is 12.4. The lowest BCUT2D eigenvalue weighted by atomic mass is 10.1. The summed E-state index contributed by atoms with van der Waals surface area (Å²) in [6, 6.07) is 15.4. The lowest BCUT2D eigenvalue weighted by molar-refractivity contribution is -0.00211. The van der Waals surface area contributed by atoms with Gasteiger partial charge in [-0.25, -0.2) is 4.98 Å². The van der Waals surface area contributed by atoms with E-state index in [4.69, 9.17) is 25.4 Å². The molecule has 0 saturated carbocycles. The molecule has 7 nitrogen and oxygen atoms in total. The molecule has 3 aromatic rings. The molecule has 1 atom stereocenters. The number of nitrogens with zero attached hydrogens (tertiary/aromatic N) is 3. The SMILES string of the molecule is CCCCC(Oc1ccc(C(N)=NO)cc1)Oc1ccc(-c2nc(C(C)C)sc2CCN2CCSCC2)cc1. The Balaban J connectivity index is 1.45. The first kappa shape index (κ1) is 29.2. The highest BCUT2D eigenvalue weighted by Gasteiger charge is 2.18. The third kappa shape index (κ3) is 8.37. The molecule has 4 rings (SSSR count). The van der Waals surface area contributed by atoms with Gasteiger partial charge in [-0.2, -0.15) is 11.8 Å². The van der Waals surface area contributed by atoms with Gasteiger partial charge in [-0.15, -0.1) is 11.3 Å². The number of rotatable bonds is 13. The van der Waals surface area contributed by atoms with Crippen LogP contribution in [0, 0.1) is 0 Å². The number of nitrogens with two attached hydrogens (primary N) is 1. The summed E-state index contributed by atoms with van der Waals surface area (Å²) in [5.74, 6) is 4.37. The summed E-state index contributed by atoms with van der Waals surface area (Å²) in [4.78, 5) is 8.99. The first-order valence-electron chi connectivity index (χ1n) is 13.8. The quantitative estimate of drug-likeness (QED) is 0.0789. The number of thiazole rings is 1. The third-order valence-electron chi connectivity index (χ3n) is 6.68. The van der Waals surface area contributed by atoms with Crippen molar-refractivity contribution in [3.63, 3.8) is 0 Å². The van der Waals surface area contributed by atoms with E-state index in [0.717, 1.165) is 49.2 Å². The molecule has 3 N–H and O–H groups in total. The van der Waals surface area contributed by atoms with Gasteiger partial charge < -0.3 is 25.3 Å². The molecule has 39 heavy (non-hydrogen) atoms. The Morgan fingerprint density at radius 2 is 1.69 bits per heavy atom. The molecule has 1 aliphatic rings. The van der Waals surface area contributed by atoms with Gasteiger partial charge in [0, 0.05) is 59.5 Å². The molecule has 210 valence electrons. The van der Waals surface area contributed by atoms with E-state index in [9.17, 15) is 0 Å². The molecule has 1 aromatic heterocycles. The van der Waals surface area contributed by atoms with E-state index in [1.807, 2.05) is 23.5 Å². The first-order chi connectivity index (χ1) is 19.0. The van der Waals surface area contributed by atoms with Crippen LogP contribution in [0.25, 0.3) is 11.3 Å². The van der Waals surface area contributed by atoms with Crippen LogP contribution in [0.4, 0.5) is 0 Å². The van der Waals surface area contributed by atoms with Crippen molar-refractivity contribution in [1.29, 1.82) is 0 Å². The van der Waals surface area contributed by atoms with Gasteiger partial charge in [0.05, 0.1) is 10.7 Å². The van der Waals surface area contributed by atoms with E-state index >= 15 is 0 Å². The number of thioether (sulfide) groups is 1. The molecular weight excluding hydrogens is 528 g/mol. The molecule has 1 aliphatic heterocycles. The Morgan fingerprint density at radius 1 is 1.05 bits per heavy atom. The Morgan fingerprint density at radius 3 is 2.28 bits per heavy atom. The van der Waals surface area contributed by atoms with Crippen molar-refractivity contribution >= 4 is 28.9 Å². The maximum Gasteiger partial charge on any atom is 0.241 e.